The van der Waals surface area contributed by atoms with Gasteiger partial charge in [0.2, 0.25) is 0 Å². The van der Waals surface area contributed by atoms with Crippen LogP contribution >= 0.6 is 15.9 Å². The minimum absolute atomic E-state index is 0.199. The predicted molar refractivity (Wildman–Crippen MR) is 64.3 cm³/mol. The summed E-state index contributed by atoms with van der Waals surface area (Å²) in [6.45, 7) is 0.872. The molecule has 2 aromatic heterocycles. The van der Waals surface area contributed by atoms with Crippen LogP contribution in [0.3, 0.4) is 0 Å². The third-order valence-corrected chi connectivity index (χ3v) is 2.61. The van der Waals surface area contributed by atoms with E-state index in [4.69, 9.17) is 5.73 Å². The Bertz CT molecular complexity index is 523. The van der Waals surface area contributed by atoms with E-state index in [0.29, 0.717) is 18.8 Å². The molecule has 0 spiro atoms. The molecule has 1 amide bonds. The maximum absolute atomic E-state index is 11.7. The number of fused-ring (bicyclic) bond motifs is 1. The van der Waals surface area contributed by atoms with Crippen LogP contribution in [0.2, 0.25) is 0 Å². The highest BCUT2D eigenvalue weighted by Crippen LogP contribution is 2.14. The van der Waals surface area contributed by atoms with Crippen LogP contribution in [-0.4, -0.2) is 28.4 Å². The summed E-state index contributed by atoms with van der Waals surface area (Å²) in [7, 11) is 0. The van der Waals surface area contributed by atoms with Crippen LogP contribution in [0.15, 0.2) is 29.1 Å². The molecule has 5 nitrogen and oxygen atoms in total. The highest BCUT2D eigenvalue weighted by molar-refractivity contribution is 9.10. The lowest BCUT2D eigenvalue weighted by Gasteiger charge is -2.01. The third kappa shape index (κ3) is 2.07. The highest BCUT2D eigenvalue weighted by atomic mass is 79.9. The molecule has 0 aliphatic heterocycles. The normalized spacial score (nSPS) is 10.6. The smallest absolute Gasteiger partial charge is 0.272 e. The first-order chi connectivity index (χ1) is 7.72. The SMILES string of the molecule is NCCNC(=O)c1ncn2cc(Br)ccc12. The summed E-state index contributed by atoms with van der Waals surface area (Å²) < 4.78 is 2.73. The Morgan fingerprint density at radius 2 is 2.38 bits per heavy atom. The van der Waals surface area contributed by atoms with Crippen molar-refractivity contribution in [1.29, 1.82) is 0 Å². The van der Waals surface area contributed by atoms with Crippen molar-refractivity contribution in [2.45, 2.75) is 0 Å². The number of carbonyl (C=O) groups excluding carboxylic acids is 1. The molecule has 84 valence electrons. The Balaban J connectivity index is 2.34. The summed E-state index contributed by atoms with van der Waals surface area (Å²) >= 11 is 3.35. The van der Waals surface area contributed by atoms with Crippen LogP contribution in [0.4, 0.5) is 0 Å². The summed E-state index contributed by atoms with van der Waals surface area (Å²) in [4.78, 5) is 15.8. The van der Waals surface area contributed by atoms with Gasteiger partial charge in [-0.05, 0) is 28.1 Å². The van der Waals surface area contributed by atoms with Crippen LogP contribution in [0.25, 0.3) is 5.52 Å². The largest absolute Gasteiger partial charge is 0.349 e. The first kappa shape index (κ1) is 11.1. The van der Waals surface area contributed by atoms with Crippen molar-refractivity contribution < 1.29 is 4.79 Å². The minimum atomic E-state index is -0.199. The number of rotatable bonds is 3. The fourth-order valence-corrected chi connectivity index (χ4v) is 1.77. The number of imidazole rings is 1. The maximum Gasteiger partial charge on any atom is 0.272 e. The van der Waals surface area contributed by atoms with Crippen molar-refractivity contribution in [3.05, 3.63) is 34.8 Å². The number of nitrogens with two attached hydrogens (primary N) is 1. The quantitative estimate of drug-likeness (QED) is 0.874. The highest BCUT2D eigenvalue weighted by Gasteiger charge is 2.12. The summed E-state index contributed by atoms with van der Waals surface area (Å²) in [6, 6.07) is 3.71. The molecule has 16 heavy (non-hydrogen) atoms. The lowest BCUT2D eigenvalue weighted by molar-refractivity contribution is 0.0952. The Hall–Kier alpha value is -1.40. The zero-order valence-corrected chi connectivity index (χ0v) is 10.1. The number of amides is 1. The summed E-state index contributed by atoms with van der Waals surface area (Å²) in [6.07, 6.45) is 3.46. The molecular formula is C10H11BrN4O. The van der Waals surface area contributed by atoms with Crippen LogP contribution in [0, 0.1) is 0 Å². The molecule has 0 aliphatic carbocycles. The molecule has 0 aromatic carbocycles. The van der Waals surface area contributed by atoms with Gasteiger partial charge in [-0.2, -0.15) is 0 Å². The van der Waals surface area contributed by atoms with E-state index < -0.39 is 0 Å². The van der Waals surface area contributed by atoms with Crippen LogP contribution in [-0.2, 0) is 0 Å². The van der Waals surface area contributed by atoms with Crippen LogP contribution in [0.1, 0.15) is 10.5 Å². The molecule has 0 radical (unpaired) electrons. The molecule has 0 saturated carbocycles. The fraction of sp³-hybridized carbons (Fsp3) is 0.200. The van der Waals surface area contributed by atoms with Crippen LogP contribution in [0.5, 0.6) is 0 Å². The van der Waals surface area contributed by atoms with E-state index >= 15 is 0 Å². The van der Waals surface area contributed by atoms with Gasteiger partial charge in [-0.3, -0.25) is 4.79 Å². The lowest BCUT2D eigenvalue weighted by Crippen LogP contribution is -2.29. The molecule has 0 aliphatic rings. The Kier molecular flexibility index (Phi) is 3.21. The molecule has 0 bridgehead atoms. The zero-order chi connectivity index (χ0) is 11.5. The van der Waals surface area contributed by atoms with Gasteiger partial charge in [0.25, 0.3) is 5.91 Å². The van der Waals surface area contributed by atoms with Gasteiger partial charge in [-0.25, -0.2) is 4.98 Å². The standard InChI is InChI=1S/C10H11BrN4O/c11-7-1-2-8-9(10(16)13-4-3-12)14-6-15(8)5-7/h1-2,5-6H,3-4,12H2,(H,13,16). The van der Waals surface area contributed by atoms with Gasteiger partial charge in [0.05, 0.1) is 5.52 Å². The van der Waals surface area contributed by atoms with Crippen molar-refractivity contribution >= 4 is 27.4 Å². The minimum Gasteiger partial charge on any atom is -0.349 e. The Morgan fingerprint density at radius 1 is 1.56 bits per heavy atom. The molecule has 3 N–H and O–H groups in total. The van der Waals surface area contributed by atoms with Gasteiger partial charge in [0, 0.05) is 23.8 Å². The van der Waals surface area contributed by atoms with Gasteiger partial charge >= 0.3 is 0 Å². The number of halogens is 1. The lowest BCUT2D eigenvalue weighted by atomic mass is 10.3. The molecule has 2 rings (SSSR count). The number of aromatic nitrogens is 2. The van der Waals surface area contributed by atoms with E-state index in [1.165, 1.54) is 0 Å². The zero-order valence-electron chi connectivity index (χ0n) is 8.48. The van der Waals surface area contributed by atoms with E-state index in [2.05, 4.69) is 26.2 Å². The van der Waals surface area contributed by atoms with Crippen molar-refractivity contribution in [1.82, 2.24) is 14.7 Å². The van der Waals surface area contributed by atoms with E-state index in [0.717, 1.165) is 9.99 Å². The predicted octanol–water partition coefficient (Wildman–Crippen LogP) is 0.785. The van der Waals surface area contributed by atoms with Crippen LogP contribution < -0.4 is 11.1 Å². The second kappa shape index (κ2) is 4.63. The molecule has 0 atom stereocenters. The second-order valence-corrected chi connectivity index (χ2v) is 4.19. The van der Waals surface area contributed by atoms with E-state index in [9.17, 15) is 4.79 Å². The van der Waals surface area contributed by atoms with Crippen molar-refractivity contribution in [3.8, 4) is 0 Å². The van der Waals surface area contributed by atoms with Crippen molar-refractivity contribution in [3.63, 3.8) is 0 Å². The van der Waals surface area contributed by atoms with Gasteiger partial charge in [-0.15, -0.1) is 0 Å². The topological polar surface area (TPSA) is 72.4 Å². The van der Waals surface area contributed by atoms with Gasteiger partial charge in [0.1, 0.15) is 6.33 Å². The number of nitrogens with one attached hydrogen (secondary N) is 1. The monoisotopic (exact) mass is 282 g/mol. The van der Waals surface area contributed by atoms with Gasteiger partial charge in [-0.1, -0.05) is 0 Å². The van der Waals surface area contributed by atoms with Crippen molar-refractivity contribution in [2.24, 2.45) is 5.73 Å². The molecular weight excluding hydrogens is 272 g/mol. The third-order valence-electron chi connectivity index (χ3n) is 2.14. The van der Waals surface area contributed by atoms with Gasteiger partial charge < -0.3 is 15.5 Å². The second-order valence-electron chi connectivity index (χ2n) is 3.28. The van der Waals surface area contributed by atoms with Crippen molar-refractivity contribution in [2.75, 3.05) is 13.1 Å². The number of hydrogen-bond donors (Lipinski definition) is 2. The first-order valence-corrected chi connectivity index (χ1v) is 5.62. The summed E-state index contributed by atoms with van der Waals surface area (Å²) in [5.41, 5.74) is 6.51. The molecule has 0 saturated heterocycles. The Morgan fingerprint density at radius 3 is 3.12 bits per heavy atom. The number of nitrogens with zero attached hydrogens (tertiary/aromatic N) is 2. The average molecular weight is 283 g/mol. The van der Waals surface area contributed by atoms with E-state index in [-0.39, 0.29) is 5.91 Å². The number of pyridine rings is 1. The average Bonchev–Trinajstić information content (AvgIpc) is 2.68. The Labute approximate surface area is 101 Å². The first-order valence-electron chi connectivity index (χ1n) is 4.83. The molecule has 0 unspecified atom stereocenters. The fourth-order valence-electron chi connectivity index (χ4n) is 1.42. The summed E-state index contributed by atoms with van der Waals surface area (Å²) in [5, 5.41) is 2.69. The molecule has 2 aromatic rings. The number of carbonyl (C=O) groups is 1. The summed E-state index contributed by atoms with van der Waals surface area (Å²) in [5.74, 6) is -0.199. The van der Waals surface area contributed by atoms with E-state index in [1.807, 2.05) is 18.3 Å². The molecule has 2 heterocycles. The molecule has 0 fully saturated rings. The van der Waals surface area contributed by atoms with E-state index in [1.54, 1.807) is 10.7 Å². The maximum atomic E-state index is 11.7. The van der Waals surface area contributed by atoms with Gasteiger partial charge in [0.15, 0.2) is 5.69 Å². The molecule has 6 heteroatoms. The number of hydrogen-bond acceptors (Lipinski definition) is 3.